The van der Waals surface area contributed by atoms with E-state index >= 15 is 0 Å². The summed E-state index contributed by atoms with van der Waals surface area (Å²) >= 11 is 5.78. The Labute approximate surface area is 104 Å². The van der Waals surface area contributed by atoms with E-state index in [1.165, 1.54) is 0 Å². The number of nitrogens with one attached hydrogen (secondary N) is 1. The number of hydrogen-bond donors (Lipinski definition) is 2. The molecule has 1 aliphatic carbocycles. The number of carbonyl (C=O) groups excluding carboxylic acids is 1. The predicted molar refractivity (Wildman–Crippen MR) is 63.3 cm³/mol. The number of halogens is 1. The Kier molecular flexibility index (Phi) is 3.33. The van der Waals surface area contributed by atoms with Gasteiger partial charge in [-0.15, -0.1) is 0 Å². The molecule has 2 N–H and O–H groups in total. The minimum atomic E-state index is -1.16. The standard InChI is InChI=1S/C12H12ClNO3/c13-8-3-1-7(2-4-8)9-5-10(9)11(15)6-14-12(16)17/h1-4,9-10,14H,5-6H2,(H,16,17). The van der Waals surface area contributed by atoms with Crippen LogP contribution in [-0.4, -0.2) is 23.5 Å². The number of rotatable bonds is 4. The maximum atomic E-state index is 11.6. The first-order chi connectivity index (χ1) is 8.08. The van der Waals surface area contributed by atoms with Crippen molar-refractivity contribution in [3.63, 3.8) is 0 Å². The fourth-order valence-electron chi connectivity index (χ4n) is 1.92. The van der Waals surface area contributed by atoms with Gasteiger partial charge in [0.2, 0.25) is 0 Å². The van der Waals surface area contributed by atoms with E-state index in [4.69, 9.17) is 16.7 Å². The first kappa shape index (κ1) is 11.9. The first-order valence-corrected chi connectivity index (χ1v) is 5.70. The molecule has 90 valence electrons. The normalized spacial score (nSPS) is 21.9. The van der Waals surface area contributed by atoms with E-state index in [-0.39, 0.29) is 24.2 Å². The van der Waals surface area contributed by atoms with Crippen molar-refractivity contribution in [1.29, 1.82) is 0 Å². The lowest BCUT2D eigenvalue weighted by molar-refractivity contribution is -0.119. The molecule has 0 aliphatic heterocycles. The van der Waals surface area contributed by atoms with E-state index in [1.807, 2.05) is 12.1 Å². The van der Waals surface area contributed by atoms with Crippen molar-refractivity contribution in [2.45, 2.75) is 12.3 Å². The van der Waals surface area contributed by atoms with Crippen LogP contribution in [0.1, 0.15) is 17.9 Å². The van der Waals surface area contributed by atoms with Crippen LogP contribution in [0.25, 0.3) is 0 Å². The maximum absolute atomic E-state index is 11.6. The second kappa shape index (κ2) is 4.75. The summed E-state index contributed by atoms with van der Waals surface area (Å²) in [4.78, 5) is 21.9. The van der Waals surface area contributed by atoms with Gasteiger partial charge in [0.15, 0.2) is 5.78 Å². The second-order valence-corrected chi connectivity index (χ2v) is 4.56. The maximum Gasteiger partial charge on any atom is 0.405 e. The second-order valence-electron chi connectivity index (χ2n) is 4.13. The molecule has 0 bridgehead atoms. The van der Waals surface area contributed by atoms with Gasteiger partial charge in [-0.05, 0) is 30.0 Å². The van der Waals surface area contributed by atoms with Crippen molar-refractivity contribution in [2.75, 3.05) is 6.54 Å². The Morgan fingerprint density at radius 2 is 2.00 bits per heavy atom. The molecular weight excluding hydrogens is 242 g/mol. The monoisotopic (exact) mass is 253 g/mol. The third-order valence-electron chi connectivity index (χ3n) is 2.92. The summed E-state index contributed by atoms with van der Waals surface area (Å²) in [5, 5.41) is 11.2. The molecule has 0 radical (unpaired) electrons. The lowest BCUT2D eigenvalue weighted by Gasteiger charge is -2.01. The Hall–Kier alpha value is -1.55. The zero-order valence-electron chi connectivity index (χ0n) is 9.02. The van der Waals surface area contributed by atoms with Gasteiger partial charge in [0, 0.05) is 10.9 Å². The summed E-state index contributed by atoms with van der Waals surface area (Å²) in [5.41, 5.74) is 1.09. The Morgan fingerprint density at radius 1 is 1.35 bits per heavy atom. The molecule has 2 rings (SSSR count). The summed E-state index contributed by atoms with van der Waals surface area (Å²) < 4.78 is 0. The minimum absolute atomic E-state index is 0.0487. The zero-order chi connectivity index (χ0) is 12.4. The Morgan fingerprint density at radius 3 is 2.59 bits per heavy atom. The van der Waals surface area contributed by atoms with Crippen LogP contribution < -0.4 is 5.32 Å². The van der Waals surface area contributed by atoms with Crippen LogP contribution in [0.15, 0.2) is 24.3 Å². The molecular formula is C12H12ClNO3. The number of benzene rings is 1. The molecule has 2 atom stereocenters. The fourth-order valence-corrected chi connectivity index (χ4v) is 2.05. The topological polar surface area (TPSA) is 66.4 Å². The van der Waals surface area contributed by atoms with Crippen LogP contribution in [0.2, 0.25) is 5.02 Å². The van der Waals surface area contributed by atoms with Crippen molar-refractivity contribution in [3.05, 3.63) is 34.9 Å². The van der Waals surface area contributed by atoms with Crippen molar-refractivity contribution in [3.8, 4) is 0 Å². The number of Topliss-reactive ketones (excluding diaryl/α,β-unsaturated/α-hetero) is 1. The third-order valence-corrected chi connectivity index (χ3v) is 3.17. The molecule has 1 aromatic carbocycles. The van der Waals surface area contributed by atoms with E-state index < -0.39 is 6.09 Å². The van der Waals surface area contributed by atoms with Crippen LogP contribution in [0, 0.1) is 5.92 Å². The van der Waals surface area contributed by atoms with Gasteiger partial charge < -0.3 is 10.4 Å². The van der Waals surface area contributed by atoms with Gasteiger partial charge >= 0.3 is 6.09 Å². The van der Waals surface area contributed by atoms with E-state index in [9.17, 15) is 9.59 Å². The molecule has 0 spiro atoms. The molecule has 0 aromatic heterocycles. The molecule has 2 unspecified atom stereocenters. The largest absolute Gasteiger partial charge is 0.465 e. The third kappa shape index (κ3) is 2.97. The molecule has 1 amide bonds. The molecule has 1 fully saturated rings. The average molecular weight is 254 g/mol. The van der Waals surface area contributed by atoms with Gasteiger partial charge in [0.1, 0.15) is 0 Å². The van der Waals surface area contributed by atoms with E-state index in [0.717, 1.165) is 12.0 Å². The molecule has 0 heterocycles. The van der Waals surface area contributed by atoms with Gasteiger partial charge in [0.05, 0.1) is 6.54 Å². The summed E-state index contributed by atoms with van der Waals surface area (Å²) in [6, 6.07) is 7.41. The van der Waals surface area contributed by atoms with Crippen LogP contribution in [0.4, 0.5) is 4.79 Å². The fraction of sp³-hybridized carbons (Fsp3) is 0.333. The first-order valence-electron chi connectivity index (χ1n) is 5.33. The van der Waals surface area contributed by atoms with Gasteiger partial charge in [-0.1, -0.05) is 23.7 Å². The quantitative estimate of drug-likeness (QED) is 0.865. The molecule has 5 heteroatoms. The highest BCUT2D eigenvalue weighted by molar-refractivity contribution is 6.30. The van der Waals surface area contributed by atoms with Crippen LogP contribution >= 0.6 is 11.6 Å². The highest BCUT2D eigenvalue weighted by Gasteiger charge is 2.43. The van der Waals surface area contributed by atoms with Gasteiger partial charge in [-0.2, -0.15) is 0 Å². The Balaban J connectivity index is 1.89. The van der Waals surface area contributed by atoms with Gasteiger partial charge in [-0.3, -0.25) is 4.79 Å². The molecule has 1 aliphatic rings. The lowest BCUT2D eigenvalue weighted by Crippen LogP contribution is -2.28. The van der Waals surface area contributed by atoms with Crippen molar-refractivity contribution in [2.24, 2.45) is 5.92 Å². The molecule has 1 aromatic rings. The number of hydrogen-bond acceptors (Lipinski definition) is 2. The number of amides is 1. The smallest absolute Gasteiger partial charge is 0.405 e. The summed E-state index contributed by atoms with van der Waals surface area (Å²) in [6.07, 6.45) is -0.371. The van der Waals surface area contributed by atoms with E-state index in [2.05, 4.69) is 5.32 Å². The van der Waals surface area contributed by atoms with Crippen molar-refractivity contribution >= 4 is 23.5 Å². The molecule has 1 saturated carbocycles. The summed E-state index contributed by atoms with van der Waals surface area (Å²) in [7, 11) is 0. The van der Waals surface area contributed by atoms with Gasteiger partial charge in [0.25, 0.3) is 0 Å². The predicted octanol–water partition coefficient (Wildman–Crippen LogP) is 2.28. The van der Waals surface area contributed by atoms with Crippen molar-refractivity contribution < 1.29 is 14.7 Å². The highest BCUT2D eigenvalue weighted by atomic mass is 35.5. The molecule has 0 saturated heterocycles. The summed E-state index contributed by atoms with van der Waals surface area (Å²) in [6.45, 7) is -0.107. The van der Waals surface area contributed by atoms with E-state index in [0.29, 0.717) is 5.02 Å². The van der Waals surface area contributed by atoms with Crippen LogP contribution in [0.3, 0.4) is 0 Å². The Bertz CT molecular complexity index is 444. The van der Waals surface area contributed by atoms with Crippen LogP contribution in [-0.2, 0) is 4.79 Å². The highest BCUT2D eigenvalue weighted by Crippen LogP contribution is 2.47. The van der Waals surface area contributed by atoms with Crippen LogP contribution in [0.5, 0.6) is 0 Å². The number of ketones is 1. The number of carbonyl (C=O) groups is 2. The zero-order valence-corrected chi connectivity index (χ0v) is 9.78. The van der Waals surface area contributed by atoms with Crippen molar-refractivity contribution in [1.82, 2.24) is 5.32 Å². The molecule has 17 heavy (non-hydrogen) atoms. The minimum Gasteiger partial charge on any atom is -0.465 e. The summed E-state index contributed by atoms with van der Waals surface area (Å²) in [5.74, 6) is 0.116. The lowest BCUT2D eigenvalue weighted by atomic mass is 10.1. The average Bonchev–Trinajstić information content (AvgIpc) is 3.07. The van der Waals surface area contributed by atoms with E-state index in [1.54, 1.807) is 12.1 Å². The molecule has 4 nitrogen and oxygen atoms in total. The SMILES string of the molecule is O=C(O)NCC(=O)C1CC1c1ccc(Cl)cc1. The van der Waals surface area contributed by atoms with Gasteiger partial charge in [-0.25, -0.2) is 4.79 Å². The number of carboxylic acid groups (broad SMARTS) is 1.